The maximum absolute atomic E-state index is 13.5. The molecule has 0 aromatic heterocycles. The number of anilines is 2. The quantitative estimate of drug-likeness (QED) is 0.570. The van der Waals surface area contributed by atoms with Gasteiger partial charge in [-0.25, -0.2) is 9.96 Å². The summed E-state index contributed by atoms with van der Waals surface area (Å²) < 4.78 is 5.18. The van der Waals surface area contributed by atoms with Gasteiger partial charge >= 0.3 is 0 Å². The molecule has 0 unspecified atom stereocenters. The van der Waals surface area contributed by atoms with Gasteiger partial charge in [-0.3, -0.25) is 14.4 Å². The van der Waals surface area contributed by atoms with Crippen LogP contribution in [0.15, 0.2) is 78.9 Å². The van der Waals surface area contributed by atoms with Gasteiger partial charge in [-0.1, -0.05) is 41.9 Å². The summed E-state index contributed by atoms with van der Waals surface area (Å²) in [5.41, 5.74) is 2.12. The van der Waals surface area contributed by atoms with Gasteiger partial charge in [-0.2, -0.15) is 0 Å². The zero-order valence-corrected chi connectivity index (χ0v) is 17.4. The molecule has 0 aliphatic carbocycles. The molecule has 2 fully saturated rings. The number of hydroxylamine groups is 1. The van der Waals surface area contributed by atoms with E-state index in [9.17, 15) is 9.59 Å². The van der Waals surface area contributed by atoms with Crippen molar-refractivity contribution >= 4 is 34.8 Å². The van der Waals surface area contributed by atoms with Crippen molar-refractivity contribution in [3.63, 3.8) is 0 Å². The summed E-state index contributed by atoms with van der Waals surface area (Å²) in [7, 11) is 1.56. The number of rotatable bonds is 4. The van der Waals surface area contributed by atoms with Crippen LogP contribution in [0.1, 0.15) is 11.6 Å². The standard InChI is InChI=1S/C24H19ClN2O4/c1-30-19-13-11-17(12-14-19)26-23(28)20-21(15-5-3-2-4-6-15)27(31-22(20)24(26)29)18-9-7-16(25)8-10-18/h2-14,20-22H,1H3/t20-,21-,22+/m0/s1. The van der Waals surface area contributed by atoms with Crippen molar-refractivity contribution in [3.8, 4) is 5.75 Å². The van der Waals surface area contributed by atoms with Crippen molar-refractivity contribution in [2.24, 2.45) is 5.92 Å². The van der Waals surface area contributed by atoms with Crippen molar-refractivity contribution < 1.29 is 19.2 Å². The Morgan fingerprint density at radius 3 is 2.13 bits per heavy atom. The fourth-order valence-electron chi connectivity index (χ4n) is 4.20. The van der Waals surface area contributed by atoms with Crippen LogP contribution in [-0.2, 0) is 14.4 Å². The molecule has 3 atom stereocenters. The van der Waals surface area contributed by atoms with E-state index in [0.717, 1.165) is 11.3 Å². The zero-order valence-electron chi connectivity index (χ0n) is 16.6. The van der Waals surface area contributed by atoms with Crippen molar-refractivity contribution in [1.29, 1.82) is 0 Å². The van der Waals surface area contributed by atoms with Gasteiger partial charge in [-0.15, -0.1) is 0 Å². The highest BCUT2D eigenvalue weighted by Gasteiger charge is 2.60. The maximum atomic E-state index is 13.5. The molecule has 7 heteroatoms. The number of methoxy groups -OCH3 is 1. The SMILES string of the molecule is COc1ccc(N2C(=O)[C@@H]3[C@@H](ON(c4ccc(Cl)cc4)[C@H]3c3ccccc3)C2=O)cc1. The first-order chi connectivity index (χ1) is 15.1. The molecule has 0 saturated carbocycles. The van der Waals surface area contributed by atoms with Gasteiger partial charge in [0.15, 0.2) is 6.10 Å². The Bertz CT molecular complexity index is 1120. The fraction of sp³-hybridized carbons (Fsp3) is 0.167. The minimum atomic E-state index is -0.907. The summed E-state index contributed by atoms with van der Waals surface area (Å²) in [4.78, 5) is 34.1. The molecule has 3 aromatic rings. The predicted molar refractivity (Wildman–Crippen MR) is 117 cm³/mol. The number of fused-ring (bicyclic) bond motifs is 1. The number of carbonyl (C=O) groups is 2. The van der Waals surface area contributed by atoms with Gasteiger partial charge in [0.05, 0.1) is 24.5 Å². The van der Waals surface area contributed by atoms with E-state index < -0.39 is 18.1 Å². The maximum Gasteiger partial charge on any atom is 0.266 e. The summed E-state index contributed by atoms with van der Waals surface area (Å²) in [6.45, 7) is 0. The number of imide groups is 1. The molecule has 2 heterocycles. The van der Waals surface area contributed by atoms with Crippen LogP contribution in [0.2, 0.25) is 5.02 Å². The molecule has 2 amide bonds. The molecule has 0 spiro atoms. The van der Waals surface area contributed by atoms with E-state index in [1.165, 1.54) is 4.90 Å². The van der Waals surface area contributed by atoms with E-state index in [4.69, 9.17) is 21.2 Å². The summed E-state index contributed by atoms with van der Waals surface area (Å²) in [5, 5.41) is 2.25. The molecule has 3 aromatic carbocycles. The van der Waals surface area contributed by atoms with Gasteiger partial charge in [0.2, 0.25) is 5.91 Å². The molecule has 2 aliphatic heterocycles. The smallest absolute Gasteiger partial charge is 0.266 e. The lowest BCUT2D eigenvalue weighted by Gasteiger charge is -2.28. The first kappa shape index (κ1) is 19.6. The van der Waals surface area contributed by atoms with E-state index in [1.54, 1.807) is 48.6 Å². The number of hydrogen-bond acceptors (Lipinski definition) is 5. The van der Waals surface area contributed by atoms with Crippen molar-refractivity contribution in [2.75, 3.05) is 17.1 Å². The third-order valence-corrected chi connectivity index (χ3v) is 5.92. The Morgan fingerprint density at radius 1 is 0.839 bits per heavy atom. The molecule has 6 nitrogen and oxygen atoms in total. The van der Waals surface area contributed by atoms with E-state index in [2.05, 4.69) is 0 Å². The third kappa shape index (κ3) is 3.24. The second kappa shape index (κ2) is 7.72. The van der Waals surface area contributed by atoms with E-state index in [-0.39, 0.29) is 11.8 Å². The Balaban J connectivity index is 1.55. The molecular weight excluding hydrogens is 416 g/mol. The number of amides is 2. The van der Waals surface area contributed by atoms with Crippen LogP contribution < -0.4 is 14.7 Å². The molecule has 0 bridgehead atoms. The molecule has 0 N–H and O–H groups in total. The molecule has 31 heavy (non-hydrogen) atoms. The number of halogens is 1. The van der Waals surface area contributed by atoms with Crippen LogP contribution >= 0.6 is 11.6 Å². The highest BCUT2D eigenvalue weighted by molar-refractivity contribution is 6.30. The molecular formula is C24H19ClN2O4. The lowest BCUT2D eigenvalue weighted by atomic mass is 9.90. The second-order valence-electron chi connectivity index (χ2n) is 7.42. The molecule has 0 radical (unpaired) electrons. The van der Waals surface area contributed by atoms with Crippen molar-refractivity contribution in [2.45, 2.75) is 12.1 Å². The van der Waals surface area contributed by atoms with Crippen LogP contribution in [0.3, 0.4) is 0 Å². The first-order valence-electron chi connectivity index (χ1n) is 9.87. The third-order valence-electron chi connectivity index (χ3n) is 5.67. The topological polar surface area (TPSA) is 59.1 Å². The van der Waals surface area contributed by atoms with E-state index in [1.807, 2.05) is 42.5 Å². The van der Waals surface area contributed by atoms with Gasteiger partial charge in [0.1, 0.15) is 11.7 Å². The van der Waals surface area contributed by atoms with Crippen LogP contribution in [0.5, 0.6) is 5.75 Å². The number of nitrogens with zero attached hydrogens (tertiary/aromatic N) is 2. The Morgan fingerprint density at radius 2 is 1.48 bits per heavy atom. The second-order valence-corrected chi connectivity index (χ2v) is 7.86. The Kier molecular flexibility index (Phi) is 4.88. The first-order valence-corrected chi connectivity index (χ1v) is 10.2. The number of carbonyl (C=O) groups excluding carboxylic acids is 2. The average molecular weight is 435 g/mol. The van der Waals surface area contributed by atoms with Crippen LogP contribution in [-0.4, -0.2) is 25.0 Å². The molecule has 156 valence electrons. The Hall–Kier alpha value is -3.35. The largest absolute Gasteiger partial charge is 0.497 e. The van der Waals surface area contributed by atoms with Crippen LogP contribution in [0, 0.1) is 5.92 Å². The summed E-state index contributed by atoms with van der Waals surface area (Å²) in [6, 6.07) is 23.1. The van der Waals surface area contributed by atoms with E-state index in [0.29, 0.717) is 16.5 Å². The minimum absolute atomic E-state index is 0.287. The lowest BCUT2D eigenvalue weighted by molar-refractivity contribution is -0.126. The van der Waals surface area contributed by atoms with Gasteiger partial charge < -0.3 is 4.74 Å². The van der Waals surface area contributed by atoms with Crippen molar-refractivity contribution in [1.82, 2.24) is 0 Å². The van der Waals surface area contributed by atoms with Gasteiger partial charge in [0, 0.05) is 5.02 Å². The number of hydrogen-bond donors (Lipinski definition) is 0. The Labute approximate surface area is 184 Å². The van der Waals surface area contributed by atoms with Crippen molar-refractivity contribution in [3.05, 3.63) is 89.4 Å². The van der Waals surface area contributed by atoms with Crippen LogP contribution in [0.25, 0.3) is 0 Å². The normalized spacial score (nSPS) is 22.7. The predicted octanol–water partition coefficient (Wildman–Crippen LogP) is 4.40. The number of benzene rings is 3. The average Bonchev–Trinajstić information content (AvgIpc) is 3.31. The summed E-state index contributed by atoms with van der Waals surface area (Å²) in [5.74, 6) is -0.689. The monoisotopic (exact) mass is 434 g/mol. The zero-order chi connectivity index (χ0) is 21.5. The highest BCUT2D eigenvalue weighted by atomic mass is 35.5. The summed E-state index contributed by atoms with van der Waals surface area (Å²) >= 11 is 6.04. The molecule has 2 aliphatic rings. The van der Waals surface area contributed by atoms with E-state index >= 15 is 0 Å². The minimum Gasteiger partial charge on any atom is -0.497 e. The molecule has 2 saturated heterocycles. The van der Waals surface area contributed by atoms with Gasteiger partial charge in [-0.05, 0) is 54.1 Å². The summed E-state index contributed by atoms with van der Waals surface area (Å²) in [6.07, 6.45) is -0.907. The van der Waals surface area contributed by atoms with Crippen LogP contribution in [0.4, 0.5) is 11.4 Å². The van der Waals surface area contributed by atoms with Gasteiger partial charge in [0.25, 0.3) is 5.91 Å². The highest BCUT2D eigenvalue weighted by Crippen LogP contribution is 2.47. The molecule has 5 rings (SSSR count). The number of ether oxygens (including phenoxy) is 1. The fourth-order valence-corrected chi connectivity index (χ4v) is 4.33. The lowest BCUT2D eigenvalue weighted by Crippen LogP contribution is -2.37.